The van der Waals surface area contributed by atoms with E-state index in [-0.39, 0.29) is 5.60 Å². The largest absolute Gasteiger partial charge is 0.371 e. The molecule has 1 saturated carbocycles. The number of rotatable bonds is 3. The van der Waals surface area contributed by atoms with Gasteiger partial charge in [-0.05, 0) is 43.1 Å². The summed E-state index contributed by atoms with van der Waals surface area (Å²) < 4.78 is 12.8. The second kappa shape index (κ2) is 4.85. The van der Waals surface area contributed by atoms with Crippen molar-refractivity contribution in [2.75, 3.05) is 0 Å². The van der Waals surface area contributed by atoms with E-state index < -0.39 is 0 Å². The predicted molar refractivity (Wildman–Crippen MR) is 78.4 cm³/mol. The van der Waals surface area contributed by atoms with E-state index in [1.807, 2.05) is 0 Å². The lowest BCUT2D eigenvalue weighted by Gasteiger charge is -2.43. The van der Waals surface area contributed by atoms with E-state index in [9.17, 15) is 0 Å². The molecule has 108 valence electrons. The van der Waals surface area contributed by atoms with Gasteiger partial charge in [-0.1, -0.05) is 43.7 Å². The lowest BCUT2D eigenvalue weighted by molar-refractivity contribution is -0.196. The Balaban J connectivity index is 1.51. The number of hydrogen-bond donors (Lipinski definition) is 0. The molecule has 2 heterocycles. The third-order valence-electron chi connectivity index (χ3n) is 5.76. The van der Waals surface area contributed by atoms with Crippen LogP contribution in [0.2, 0.25) is 0 Å². The Bertz CT molecular complexity index is 472. The summed E-state index contributed by atoms with van der Waals surface area (Å²) in [5.74, 6) is 1.39. The molecule has 2 bridgehead atoms. The van der Waals surface area contributed by atoms with Crippen LogP contribution in [0, 0.1) is 11.8 Å². The van der Waals surface area contributed by atoms with E-state index in [4.69, 9.17) is 9.47 Å². The van der Waals surface area contributed by atoms with Crippen molar-refractivity contribution in [3.8, 4) is 0 Å². The maximum absolute atomic E-state index is 6.50. The molecule has 20 heavy (non-hydrogen) atoms. The van der Waals surface area contributed by atoms with Gasteiger partial charge in [-0.3, -0.25) is 0 Å². The van der Waals surface area contributed by atoms with Crippen LogP contribution >= 0.6 is 0 Å². The van der Waals surface area contributed by atoms with E-state index in [1.54, 1.807) is 0 Å². The van der Waals surface area contributed by atoms with Crippen molar-refractivity contribution in [2.24, 2.45) is 11.8 Å². The van der Waals surface area contributed by atoms with Gasteiger partial charge in [0.1, 0.15) is 0 Å². The molecule has 1 aromatic rings. The molecule has 1 spiro atoms. The molecule has 2 aliphatic heterocycles. The molecule has 5 atom stereocenters. The second-order valence-corrected chi connectivity index (χ2v) is 6.93. The standard InChI is InChI=1S/C18H24O2/c1-13-10-17(19-12-14-6-3-2-4-7-14)18-9-5-8-15(18)11-16(13)20-18/h2-4,6-7,13,15-17H,5,8-12H2,1H3. The van der Waals surface area contributed by atoms with Crippen LogP contribution in [0.25, 0.3) is 0 Å². The molecule has 3 fully saturated rings. The van der Waals surface area contributed by atoms with Crippen molar-refractivity contribution in [3.05, 3.63) is 35.9 Å². The molecule has 2 nitrogen and oxygen atoms in total. The van der Waals surface area contributed by atoms with Gasteiger partial charge >= 0.3 is 0 Å². The van der Waals surface area contributed by atoms with Crippen molar-refractivity contribution >= 4 is 0 Å². The summed E-state index contributed by atoms with van der Waals surface area (Å²) in [7, 11) is 0. The summed E-state index contributed by atoms with van der Waals surface area (Å²) in [4.78, 5) is 0. The number of ether oxygens (including phenoxy) is 2. The van der Waals surface area contributed by atoms with E-state index in [0.717, 1.165) is 12.5 Å². The maximum Gasteiger partial charge on any atom is 0.0975 e. The molecule has 1 aromatic carbocycles. The van der Waals surface area contributed by atoms with Crippen molar-refractivity contribution in [1.29, 1.82) is 0 Å². The molecule has 2 heteroatoms. The van der Waals surface area contributed by atoms with Crippen LogP contribution in [0.4, 0.5) is 0 Å². The third-order valence-corrected chi connectivity index (χ3v) is 5.76. The fraction of sp³-hybridized carbons (Fsp3) is 0.667. The van der Waals surface area contributed by atoms with Crippen LogP contribution in [0.15, 0.2) is 30.3 Å². The van der Waals surface area contributed by atoms with Gasteiger partial charge < -0.3 is 9.47 Å². The summed E-state index contributed by atoms with van der Waals surface area (Å²) in [5, 5.41) is 0. The van der Waals surface area contributed by atoms with Crippen LogP contribution in [-0.4, -0.2) is 17.8 Å². The van der Waals surface area contributed by atoms with Crippen molar-refractivity contribution in [2.45, 2.75) is 63.4 Å². The average Bonchev–Trinajstić information content (AvgIpc) is 2.98. The van der Waals surface area contributed by atoms with Gasteiger partial charge in [0.25, 0.3) is 0 Å². The molecule has 0 N–H and O–H groups in total. The molecule has 0 radical (unpaired) electrons. The highest BCUT2D eigenvalue weighted by atomic mass is 16.6. The second-order valence-electron chi connectivity index (χ2n) is 6.93. The van der Waals surface area contributed by atoms with E-state index in [2.05, 4.69) is 37.3 Å². The molecular weight excluding hydrogens is 248 g/mol. The smallest absolute Gasteiger partial charge is 0.0975 e. The minimum atomic E-state index is 0.0615. The Morgan fingerprint density at radius 3 is 2.95 bits per heavy atom. The van der Waals surface area contributed by atoms with Crippen molar-refractivity contribution in [3.63, 3.8) is 0 Å². The van der Waals surface area contributed by atoms with Gasteiger partial charge in [-0.2, -0.15) is 0 Å². The topological polar surface area (TPSA) is 18.5 Å². The first-order chi connectivity index (χ1) is 9.78. The zero-order valence-corrected chi connectivity index (χ0v) is 12.3. The summed E-state index contributed by atoms with van der Waals surface area (Å²) in [6.07, 6.45) is 7.10. The molecule has 4 rings (SSSR count). The Morgan fingerprint density at radius 2 is 2.10 bits per heavy atom. The Labute approximate surface area is 121 Å². The van der Waals surface area contributed by atoms with Crippen LogP contribution in [-0.2, 0) is 16.1 Å². The number of fused-ring (bicyclic) bond motifs is 1. The predicted octanol–water partition coefficient (Wildman–Crippen LogP) is 3.94. The van der Waals surface area contributed by atoms with Crippen LogP contribution < -0.4 is 0 Å². The van der Waals surface area contributed by atoms with Crippen LogP contribution in [0.1, 0.15) is 44.6 Å². The van der Waals surface area contributed by atoms with E-state index >= 15 is 0 Å². The van der Waals surface area contributed by atoms with Gasteiger partial charge in [-0.25, -0.2) is 0 Å². The Kier molecular flexibility index (Phi) is 3.12. The zero-order chi connectivity index (χ0) is 13.6. The van der Waals surface area contributed by atoms with Crippen LogP contribution in [0.3, 0.4) is 0 Å². The first kappa shape index (κ1) is 12.8. The van der Waals surface area contributed by atoms with Gasteiger partial charge in [-0.15, -0.1) is 0 Å². The fourth-order valence-electron chi connectivity index (χ4n) is 4.67. The van der Waals surface area contributed by atoms with E-state index in [0.29, 0.717) is 18.1 Å². The SMILES string of the molecule is CC1CC(OCc2ccccc2)C23CCCC2CC1O3. The monoisotopic (exact) mass is 272 g/mol. The Morgan fingerprint density at radius 1 is 1.25 bits per heavy atom. The summed E-state index contributed by atoms with van der Waals surface area (Å²) in [6, 6.07) is 10.5. The van der Waals surface area contributed by atoms with Crippen LogP contribution in [0.5, 0.6) is 0 Å². The number of hydrogen-bond acceptors (Lipinski definition) is 2. The maximum atomic E-state index is 6.50. The molecule has 5 unspecified atom stereocenters. The third kappa shape index (κ3) is 1.93. The van der Waals surface area contributed by atoms with Crippen molar-refractivity contribution in [1.82, 2.24) is 0 Å². The lowest BCUT2D eigenvalue weighted by Crippen LogP contribution is -2.50. The highest BCUT2D eigenvalue weighted by Gasteiger charge is 2.60. The molecule has 2 saturated heterocycles. The van der Waals surface area contributed by atoms with Gasteiger partial charge in [0, 0.05) is 0 Å². The highest BCUT2D eigenvalue weighted by molar-refractivity contribution is 5.14. The van der Waals surface area contributed by atoms with Gasteiger partial charge in [0.2, 0.25) is 0 Å². The molecule has 1 aliphatic carbocycles. The quantitative estimate of drug-likeness (QED) is 0.829. The zero-order valence-electron chi connectivity index (χ0n) is 12.3. The lowest BCUT2D eigenvalue weighted by atomic mass is 9.84. The van der Waals surface area contributed by atoms with E-state index in [1.165, 1.54) is 37.7 Å². The normalized spacial score (nSPS) is 42.6. The average molecular weight is 272 g/mol. The van der Waals surface area contributed by atoms with Crippen molar-refractivity contribution < 1.29 is 9.47 Å². The minimum absolute atomic E-state index is 0.0615. The minimum Gasteiger partial charge on any atom is -0.371 e. The molecule has 3 aliphatic rings. The summed E-state index contributed by atoms with van der Waals surface area (Å²) in [5.41, 5.74) is 1.33. The molecule has 0 aromatic heterocycles. The summed E-state index contributed by atoms with van der Waals surface area (Å²) >= 11 is 0. The molecule has 0 amide bonds. The molecular formula is C18H24O2. The van der Waals surface area contributed by atoms with Gasteiger partial charge in [0.15, 0.2) is 0 Å². The fourth-order valence-corrected chi connectivity index (χ4v) is 4.67. The number of benzene rings is 1. The summed E-state index contributed by atoms with van der Waals surface area (Å²) in [6.45, 7) is 3.05. The Hall–Kier alpha value is -0.860. The highest BCUT2D eigenvalue weighted by Crippen LogP contribution is 2.56. The van der Waals surface area contributed by atoms with Gasteiger partial charge in [0.05, 0.1) is 24.4 Å². The first-order valence-electron chi connectivity index (χ1n) is 8.11. The first-order valence-corrected chi connectivity index (χ1v) is 8.11.